The number of rotatable bonds is 3. The minimum atomic E-state index is 0.689. The molecule has 0 aliphatic rings. The van der Waals surface area contributed by atoms with Crippen molar-refractivity contribution >= 4 is 11.4 Å². The van der Waals surface area contributed by atoms with E-state index >= 15 is 0 Å². The van der Waals surface area contributed by atoms with Crippen LogP contribution in [0.1, 0.15) is 0 Å². The number of anilines is 2. The zero-order valence-electron chi connectivity index (χ0n) is 14.4. The molecule has 0 aliphatic heterocycles. The number of hydrogen-bond donors (Lipinski definition) is 2. The molecule has 0 spiro atoms. The van der Waals surface area contributed by atoms with Crippen LogP contribution in [0.25, 0.3) is 33.4 Å². The summed E-state index contributed by atoms with van der Waals surface area (Å²) in [5.41, 5.74) is 20.5. The number of nitrogen functional groups attached to an aromatic ring is 2. The number of nitrogens with two attached hydrogens (primary N) is 2. The Morgan fingerprint density at radius 3 is 1.46 bits per heavy atom. The number of hydrogen-bond acceptors (Lipinski definition) is 2. The van der Waals surface area contributed by atoms with Gasteiger partial charge in [0.1, 0.15) is 0 Å². The summed E-state index contributed by atoms with van der Waals surface area (Å²) in [6.07, 6.45) is 0. The molecule has 26 heavy (non-hydrogen) atoms. The van der Waals surface area contributed by atoms with E-state index in [1.165, 1.54) is 11.1 Å². The molecule has 126 valence electrons. The maximum atomic E-state index is 6.27. The van der Waals surface area contributed by atoms with Gasteiger partial charge in [-0.05, 0) is 39.9 Å². The normalized spacial score (nSPS) is 10.6. The van der Waals surface area contributed by atoms with Crippen molar-refractivity contribution in [3.05, 3.63) is 97.1 Å². The highest BCUT2D eigenvalue weighted by Gasteiger charge is 2.15. The van der Waals surface area contributed by atoms with Gasteiger partial charge < -0.3 is 11.5 Å². The first-order chi connectivity index (χ1) is 12.8. The van der Waals surface area contributed by atoms with Crippen LogP contribution in [0.5, 0.6) is 0 Å². The van der Waals surface area contributed by atoms with Gasteiger partial charge in [-0.2, -0.15) is 0 Å². The molecule has 0 atom stereocenters. The first kappa shape index (κ1) is 16.0. The SMILES string of the molecule is Nc1cccc(N)c1-c1ccccc1-c1ccccc1-c1ccccc1. The van der Waals surface area contributed by atoms with Gasteiger partial charge in [-0.1, -0.05) is 84.9 Å². The van der Waals surface area contributed by atoms with Crippen LogP contribution in [-0.4, -0.2) is 0 Å². The summed E-state index contributed by atoms with van der Waals surface area (Å²) >= 11 is 0. The molecule has 0 amide bonds. The molecule has 0 heterocycles. The first-order valence-electron chi connectivity index (χ1n) is 8.64. The van der Waals surface area contributed by atoms with E-state index in [9.17, 15) is 0 Å². The van der Waals surface area contributed by atoms with E-state index in [0.29, 0.717) is 11.4 Å². The lowest BCUT2D eigenvalue weighted by atomic mass is 9.88. The fraction of sp³-hybridized carbons (Fsp3) is 0. The largest absolute Gasteiger partial charge is 0.398 e. The maximum Gasteiger partial charge on any atom is 0.0414 e. The Bertz CT molecular complexity index is 1030. The highest BCUT2D eigenvalue weighted by molar-refractivity contribution is 5.97. The molecular formula is C24H20N2. The molecule has 0 aromatic heterocycles. The molecule has 4 N–H and O–H groups in total. The molecule has 0 fully saturated rings. The van der Waals surface area contributed by atoms with Crippen LogP contribution in [0, 0.1) is 0 Å². The quantitative estimate of drug-likeness (QED) is 0.461. The van der Waals surface area contributed by atoms with Gasteiger partial charge in [0, 0.05) is 16.9 Å². The molecule has 0 bridgehead atoms. The van der Waals surface area contributed by atoms with Crippen LogP contribution < -0.4 is 11.5 Å². The third-order valence-corrected chi connectivity index (χ3v) is 4.63. The van der Waals surface area contributed by atoms with Crippen molar-refractivity contribution in [3.8, 4) is 33.4 Å². The molecule has 2 heteroatoms. The molecule has 2 nitrogen and oxygen atoms in total. The van der Waals surface area contributed by atoms with Gasteiger partial charge in [0.2, 0.25) is 0 Å². The summed E-state index contributed by atoms with van der Waals surface area (Å²) in [5.74, 6) is 0. The third-order valence-electron chi connectivity index (χ3n) is 4.63. The Morgan fingerprint density at radius 1 is 0.385 bits per heavy atom. The Morgan fingerprint density at radius 2 is 0.846 bits per heavy atom. The van der Waals surface area contributed by atoms with Crippen molar-refractivity contribution < 1.29 is 0 Å². The Kier molecular flexibility index (Phi) is 4.16. The Labute approximate surface area is 153 Å². The van der Waals surface area contributed by atoms with Crippen molar-refractivity contribution in [1.29, 1.82) is 0 Å². The van der Waals surface area contributed by atoms with E-state index in [1.54, 1.807) is 0 Å². The average Bonchev–Trinajstić information content (AvgIpc) is 2.69. The molecule has 0 saturated carbocycles. The summed E-state index contributed by atoms with van der Waals surface area (Å²) in [6, 6.07) is 32.8. The second kappa shape index (κ2) is 6.77. The van der Waals surface area contributed by atoms with E-state index in [-0.39, 0.29) is 0 Å². The summed E-state index contributed by atoms with van der Waals surface area (Å²) in [4.78, 5) is 0. The van der Waals surface area contributed by atoms with E-state index in [2.05, 4.69) is 66.7 Å². The second-order valence-electron chi connectivity index (χ2n) is 6.27. The van der Waals surface area contributed by atoms with Gasteiger partial charge in [0.15, 0.2) is 0 Å². The van der Waals surface area contributed by atoms with Crippen LogP contribution in [0.15, 0.2) is 97.1 Å². The van der Waals surface area contributed by atoms with Crippen LogP contribution in [0.4, 0.5) is 11.4 Å². The van der Waals surface area contributed by atoms with Crippen molar-refractivity contribution in [1.82, 2.24) is 0 Å². The van der Waals surface area contributed by atoms with E-state index in [1.807, 2.05) is 30.3 Å². The lowest BCUT2D eigenvalue weighted by molar-refractivity contribution is 1.56. The standard InChI is InChI=1S/C24H20N2/c25-22-15-8-16-23(26)24(22)21-14-7-6-13-20(21)19-12-5-4-11-18(19)17-9-2-1-3-10-17/h1-16H,25-26H2. The van der Waals surface area contributed by atoms with E-state index < -0.39 is 0 Å². The number of benzene rings is 4. The van der Waals surface area contributed by atoms with Gasteiger partial charge in [0.05, 0.1) is 0 Å². The minimum absolute atomic E-state index is 0.689. The first-order valence-corrected chi connectivity index (χ1v) is 8.64. The highest BCUT2D eigenvalue weighted by Crippen LogP contribution is 2.41. The van der Waals surface area contributed by atoms with Crippen molar-refractivity contribution in [3.63, 3.8) is 0 Å². The minimum Gasteiger partial charge on any atom is -0.398 e. The van der Waals surface area contributed by atoms with Crippen molar-refractivity contribution in [2.75, 3.05) is 11.5 Å². The van der Waals surface area contributed by atoms with Crippen LogP contribution in [-0.2, 0) is 0 Å². The molecule has 0 radical (unpaired) electrons. The van der Waals surface area contributed by atoms with Gasteiger partial charge in [-0.3, -0.25) is 0 Å². The molecule has 4 rings (SSSR count). The van der Waals surface area contributed by atoms with Gasteiger partial charge in [-0.25, -0.2) is 0 Å². The summed E-state index contributed by atoms with van der Waals surface area (Å²) < 4.78 is 0. The molecule has 4 aromatic rings. The summed E-state index contributed by atoms with van der Waals surface area (Å²) in [7, 11) is 0. The predicted molar refractivity (Wildman–Crippen MR) is 112 cm³/mol. The van der Waals surface area contributed by atoms with Crippen molar-refractivity contribution in [2.45, 2.75) is 0 Å². The lowest BCUT2D eigenvalue weighted by Crippen LogP contribution is -1.97. The third kappa shape index (κ3) is 2.82. The maximum absolute atomic E-state index is 6.27. The van der Waals surface area contributed by atoms with Crippen LogP contribution in [0.2, 0.25) is 0 Å². The zero-order valence-corrected chi connectivity index (χ0v) is 14.4. The molecule has 4 aromatic carbocycles. The smallest absolute Gasteiger partial charge is 0.0414 e. The van der Waals surface area contributed by atoms with E-state index in [0.717, 1.165) is 22.3 Å². The summed E-state index contributed by atoms with van der Waals surface area (Å²) in [6.45, 7) is 0. The topological polar surface area (TPSA) is 52.0 Å². The van der Waals surface area contributed by atoms with E-state index in [4.69, 9.17) is 11.5 Å². The van der Waals surface area contributed by atoms with Crippen molar-refractivity contribution in [2.24, 2.45) is 0 Å². The van der Waals surface area contributed by atoms with Crippen LogP contribution >= 0.6 is 0 Å². The fourth-order valence-corrected chi connectivity index (χ4v) is 3.42. The highest BCUT2D eigenvalue weighted by atomic mass is 14.6. The molecule has 0 aliphatic carbocycles. The Balaban J connectivity index is 1.98. The fourth-order valence-electron chi connectivity index (χ4n) is 3.42. The second-order valence-corrected chi connectivity index (χ2v) is 6.27. The zero-order chi connectivity index (χ0) is 17.9. The average molecular weight is 336 g/mol. The molecular weight excluding hydrogens is 316 g/mol. The van der Waals surface area contributed by atoms with Gasteiger partial charge in [0.25, 0.3) is 0 Å². The Hall–Kier alpha value is -3.52. The van der Waals surface area contributed by atoms with Gasteiger partial charge >= 0.3 is 0 Å². The monoisotopic (exact) mass is 336 g/mol. The lowest BCUT2D eigenvalue weighted by Gasteiger charge is -2.17. The van der Waals surface area contributed by atoms with Gasteiger partial charge in [-0.15, -0.1) is 0 Å². The predicted octanol–water partition coefficient (Wildman–Crippen LogP) is 5.85. The summed E-state index contributed by atoms with van der Waals surface area (Å²) in [5, 5.41) is 0. The van der Waals surface area contributed by atoms with Crippen LogP contribution in [0.3, 0.4) is 0 Å². The molecule has 0 saturated heterocycles. The molecule has 0 unspecified atom stereocenters.